The SMILES string of the molecule is O=c1ccn([C@H]2C[C@@H](CO)[C@H](O)[C@@H]2O)c(=O)[nH]1. The molecule has 17 heavy (non-hydrogen) atoms. The molecule has 1 aromatic rings. The number of aromatic nitrogens is 2. The van der Waals surface area contributed by atoms with Crippen molar-refractivity contribution in [2.75, 3.05) is 6.61 Å². The maximum atomic E-state index is 11.5. The molecule has 1 aliphatic rings. The number of hydrogen-bond acceptors (Lipinski definition) is 5. The molecule has 0 radical (unpaired) electrons. The highest BCUT2D eigenvalue weighted by Crippen LogP contribution is 2.33. The number of H-pyrrole nitrogens is 1. The first-order valence-corrected chi connectivity index (χ1v) is 5.33. The van der Waals surface area contributed by atoms with E-state index in [2.05, 4.69) is 4.98 Å². The fourth-order valence-corrected chi connectivity index (χ4v) is 2.24. The molecule has 7 nitrogen and oxygen atoms in total. The molecule has 1 aromatic heterocycles. The van der Waals surface area contributed by atoms with Gasteiger partial charge in [0.1, 0.15) is 6.10 Å². The van der Waals surface area contributed by atoms with E-state index in [9.17, 15) is 19.8 Å². The van der Waals surface area contributed by atoms with Crippen molar-refractivity contribution in [2.24, 2.45) is 5.92 Å². The van der Waals surface area contributed by atoms with Gasteiger partial charge in [-0.05, 0) is 6.42 Å². The smallest absolute Gasteiger partial charge is 0.328 e. The van der Waals surface area contributed by atoms with Crippen molar-refractivity contribution < 1.29 is 15.3 Å². The van der Waals surface area contributed by atoms with Gasteiger partial charge in [-0.3, -0.25) is 14.3 Å². The van der Waals surface area contributed by atoms with Gasteiger partial charge in [-0.25, -0.2) is 4.79 Å². The first kappa shape index (κ1) is 12.0. The van der Waals surface area contributed by atoms with Crippen molar-refractivity contribution in [3.8, 4) is 0 Å². The summed E-state index contributed by atoms with van der Waals surface area (Å²) in [6.45, 7) is -0.257. The zero-order valence-electron chi connectivity index (χ0n) is 8.98. The molecule has 2 rings (SSSR count). The van der Waals surface area contributed by atoms with E-state index >= 15 is 0 Å². The summed E-state index contributed by atoms with van der Waals surface area (Å²) in [6, 6.07) is 0.541. The summed E-state index contributed by atoms with van der Waals surface area (Å²) in [5.41, 5.74) is -1.15. The van der Waals surface area contributed by atoms with Gasteiger partial charge in [0.05, 0.1) is 12.1 Å². The molecule has 0 aliphatic heterocycles. The van der Waals surface area contributed by atoms with E-state index in [1.165, 1.54) is 16.8 Å². The maximum absolute atomic E-state index is 11.5. The maximum Gasteiger partial charge on any atom is 0.328 e. The van der Waals surface area contributed by atoms with Crippen LogP contribution in [0.1, 0.15) is 12.5 Å². The lowest BCUT2D eigenvalue weighted by Gasteiger charge is -2.18. The van der Waals surface area contributed by atoms with E-state index in [0.717, 1.165) is 0 Å². The van der Waals surface area contributed by atoms with Gasteiger partial charge in [-0.1, -0.05) is 0 Å². The zero-order valence-corrected chi connectivity index (χ0v) is 8.98. The van der Waals surface area contributed by atoms with E-state index in [-0.39, 0.29) is 13.0 Å². The molecule has 0 spiro atoms. The van der Waals surface area contributed by atoms with Gasteiger partial charge in [0.2, 0.25) is 0 Å². The molecule has 0 unspecified atom stereocenters. The molecule has 94 valence electrons. The molecule has 0 saturated heterocycles. The van der Waals surface area contributed by atoms with Crippen molar-refractivity contribution in [1.82, 2.24) is 9.55 Å². The molecule has 0 amide bonds. The second-order valence-electron chi connectivity index (χ2n) is 4.24. The molecule has 7 heteroatoms. The molecule has 1 heterocycles. The van der Waals surface area contributed by atoms with E-state index in [1.807, 2.05) is 0 Å². The van der Waals surface area contributed by atoms with Crippen LogP contribution in [0, 0.1) is 5.92 Å². The van der Waals surface area contributed by atoms with Crippen LogP contribution in [-0.4, -0.2) is 43.7 Å². The van der Waals surface area contributed by atoms with Gasteiger partial charge in [0.25, 0.3) is 5.56 Å². The number of hydrogen-bond donors (Lipinski definition) is 4. The molecule has 4 N–H and O–H groups in total. The monoisotopic (exact) mass is 242 g/mol. The highest BCUT2D eigenvalue weighted by molar-refractivity contribution is 4.97. The highest BCUT2D eigenvalue weighted by atomic mass is 16.3. The minimum atomic E-state index is -1.13. The summed E-state index contributed by atoms with van der Waals surface area (Å²) in [6.07, 6.45) is -0.633. The van der Waals surface area contributed by atoms with Crippen LogP contribution in [0.4, 0.5) is 0 Å². The lowest BCUT2D eigenvalue weighted by Crippen LogP contribution is -2.37. The summed E-state index contributed by atoms with van der Waals surface area (Å²) >= 11 is 0. The van der Waals surface area contributed by atoms with Gasteiger partial charge in [0, 0.05) is 24.8 Å². The molecule has 1 saturated carbocycles. The normalized spacial score (nSPS) is 32.9. The third kappa shape index (κ3) is 2.04. The molecule has 1 aliphatic carbocycles. The van der Waals surface area contributed by atoms with Crippen LogP contribution >= 0.6 is 0 Å². The number of nitrogens with zero attached hydrogens (tertiary/aromatic N) is 1. The van der Waals surface area contributed by atoms with E-state index < -0.39 is 35.4 Å². The summed E-state index contributed by atoms with van der Waals surface area (Å²) in [5, 5.41) is 28.4. The number of rotatable bonds is 2. The first-order chi connectivity index (χ1) is 8.04. The Hall–Kier alpha value is -1.44. The van der Waals surface area contributed by atoms with E-state index in [1.54, 1.807) is 0 Å². The number of aliphatic hydroxyl groups is 3. The third-order valence-corrected chi connectivity index (χ3v) is 3.21. The number of aromatic amines is 1. The molecule has 0 aromatic carbocycles. The Bertz CT molecular complexity index is 508. The lowest BCUT2D eigenvalue weighted by molar-refractivity contribution is -0.00455. The van der Waals surface area contributed by atoms with Crippen LogP contribution in [0.3, 0.4) is 0 Å². The van der Waals surface area contributed by atoms with Crippen molar-refractivity contribution >= 4 is 0 Å². The quantitative estimate of drug-likeness (QED) is 0.470. The van der Waals surface area contributed by atoms with Crippen LogP contribution in [0.25, 0.3) is 0 Å². The fraction of sp³-hybridized carbons (Fsp3) is 0.600. The second-order valence-corrected chi connectivity index (χ2v) is 4.24. The highest BCUT2D eigenvalue weighted by Gasteiger charge is 2.42. The Morgan fingerprint density at radius 3 is 2.59 bits per heavy atom. The van der Waals surface area contributed by atoms with Crippen molar-refractivity contribution in [1.29, 1.82) is 0 Å². The molecular formula is C10H14N2O5. The topological polar surface area (TPSA) is 116 Å². The van der Waals surface area contributed by atoms with Crippen molar-refractivity contribution in [3.05, 3.63) is 33.1 Å². The Morgan fingerprint density at radius 2 is 2.06 bits per heavy atom. The summed E-state index contributed by atoms with van der Waals surface area (Å²) in [4.78, 5) is 24.5. The predicted molar refractivity (Wildman–Crippen MR) is 57.6 cm³/mol. The van der Waals surface area contributed by atoms with Gasteiger partial charge < -0.3 is 15.3 Å². The fourth-order valence-electron chi connectivity index (χ4n) is 2.24. The van der Waals surface area contributed by atoms with Crippen LogP contribution < -0.4 is 11.2 Å². The van der Waals surface area contributed by atoms with Crippen LogP contribution in [-0.2, 0) is 0 Å². The second kappa shape index (κ2) is 4.44. The van der Waals surface area contributed by atoms with Crippen LogP contribution in [0.2, 0.25) is 0 Å². The number of nitrogens with one attached hydrogen (secondary N) is 1. The van der Waals surface area contributed by atoms with Crippen molar-refractivity contribution in [3.63, 3.8) is 0 Å². The predicted octanol–water partition coefficient (Wildman–Crippen LogP) is -2.19. The standard InChI is InChI=1S/C10H14N2O5/c13-4-5-3-6(9(16)8(5)15)12-2-1-7(14)11-10(12)17/h1-2,5-6,8-9,13,15-16H,3-4H2,(H,11,14,17)/t5-,6-,8-,9+/m0/s1. The largest absolute Gasteiger partial charge is 0.396 e. The summed E-state index contributed by atoms with van der Waals surface area (Å²) in [5.74, 6) is -0.464. The molecule has 4 atom stereocenters. The zero-order chi connectivity index (χ0) is 12.6. The van der Waals surface area contributed by atoms with Crippen molar-refractivity contribution in [2.45, 2.75) is 24.7 Å². The number of aliphatic hydroxyl groups excluding tert-OH is 3. The van der Waals surface area contributed by atoms with Gasteiger partial charge in [-0.15, -0.1) is 0 Å². The Balaban J connectivity index is 2.35. The molecular weight excluding hydrogens is 228 g/mol. The third-order valence-electron chi connectivity index (χ3n) is 3.21. The Kier molecular flexibility index (Phi) is 3.14. The molecule has 1 fully saturated rings. The van der Waals surface area contributed by atoms with E-state index in [0.29, 0.717) is 0 Å². The minimum absolute atomic E-state index is 0.257. The average molecular weight is 242 g/mol. The first-order valence-electron chi connectivity index (χ1n) is 5.33. The summed E-state index contributed by atoms with van der Waals surface area (Å²) in [7, 11) is 0. The average Bonchev–Trinajstić information content (AvgIpc) is 2.57. The molecule has 0 bridgehead atoms. The minimum Gasteiger partial charge on any atom is -0.396 e. The van der Waals surface area contributed by atoms with Crippen LogP contribution in [0.15, 0.2) is 21.9 Å². The lowest BCUT2D eigenvalue weighted by atomic mass is 10.1. The summed E-state index contributed by atoms with van der Waals surface area (Å²) < 4.78 is 1.17. The van der Waals surface area contributed by atoms with Crippen LogP contribution in [0.5, 0.6) is 0 Å². The van der Waals surface area contributed by atoms with Gasteiger partial charge in [-0.2, -0.15) is 0 Å². The Morgan fingerprint density at radius 1 is 1.35 bits per heavy atom. The van der Waals surface area contributed by atoms with Gasteiger partial charge >= 0.3 is 5.69 Å². The van der Waals surface area contributed by atoms with Gasteiger partial charge in [0.15, 0.2) is 0 Å². The Labute approximate surface area is 96.0 Å². The van der Waals surface area contributed by atoms with E-state index in [4.69, 9.17) is 5.11 Å².